The fourth-order valence-electron chi connectivity index (χ4n) is 8.06. The summed E-state index contributed by atoms with van der Waals surface area (Å²) < 4.78 is 17.3. The standard InChI is InChI=1S/C29H40N2O8/c1-15(32)38-19-11-28(2)18(7-8-20(28)33)22-24(19)29(3)21(14-37-6)39-27(36)17(23(29)26(35)25(22)34)13-31(5)16-9-10-30(4)12-16/h13,16,18-21,23,33H,7-12,14H2,1-6H3/t16?,18?,19-,20+,21-,23?,28+,29+/m1/s1. The van der Waals surface area contributed by atoms with Crippen LogP contribution in [-0.4, -0.2) is 104 Å². The Bertz CT molecular complexity index is 1160. The van der Waals surface area contributed by atoms with Crippen LogP contribution in [0.1, 0.15) is 46.5 Å². The van der Waals surface area contributed by atoms with Crippen LogP contribution in [0.5, 0.6) is 0 Å². The number of likely N-dealkylation sites (tertiary alicyclic amines) is 1. The number of carbonyl (C=O) groups excluding carboxylic acids is 4. The van der Waals surface area contributed by atoms with E-state index in [4.69, 9.17) is 14.2 Å². The monoisotopic (exact) mass is 544 g/mol. The van der Waals surface area contributed by atoms with E-state index in [0.29, 0.717) is 30.4 Å². The van der Waals surface area contributed by atoms with Gasteiger partial charge in [0.1, 0.15) is 12.2 Å². The zero-order valence-electron chi connectivity index (χ0n) is 23.7. The molecule has 3 fully saturated rings. The van der Waals surface area contributed by atoms with Crippen molar-refractivity contribution in [1.29, 1.82) is 0 Å². The maximum atomic E-state index is 14.1. The number of hydrogen-bond donors (Lipinski definition) is 1. The van der Waals surface area contributed by atoms with E-state index in [1.54, 1.807) is 6.20 Å². The van der Waals surface area contributed by atoms with Crippen molar-refractivity contribution in [3.05, 3.63) is 22.9 Å². The summed E-state index contributed by atoms with van der Waals surface area (Å²) in [4.78, 5) is 58.1. The molecule has 2 heterocycles. The molecule has 5 aliphatic rings. The third-order valence-corrected chi connectivity index (χ3v) is 10.2. The van der Waals surface area contributed by atoms with Gasteiger partial charge in [0, 0.05) is 56.3 Å². The van der Waals surface area contributed by atoms with Crippen LogP contribution in [0, 0.1) is 22.7 Å². The topological polar surface area (TPSA) is 123 Å². The lowest BCUT2D eigenvalue weighted by atomic mass is 9.50. The lowest BCUT2D eigenvalue weighted by Crippen LogP contribution is -2.63. The molecule has 0 bridgehead atoms. The predicted octanol–water partition coefficient (Wildman–Crippen LogP) is 1.26. The fraction of sp³-hybridized carbons (Fsp3) is 0.724. The molecule has 3 aliphatic carbocycles. The number of aliphatic hydroxyl groups is 1. The van der Waals surface area contributed by atoms with Gasteiger partial charge in [-0.05, 0) is 50.8 Å². The summed E-state index contributed by atoms with van der Waals surface area (Å²) in [6.07, 6.45) is 1.47. The smallest absolute Gasteiger partial charge is 0.336 e. The average Bonchev–Trinajstić information content (AvgIpc) is 3.42. The minimum absolute atomic E-state index is 0.00484. The maximum Gasteiger partial charge on any atom is 0.336 e. The molecule has 2 aliphatic heterocycles. The molecule has 39 heavy (non-hydrogen) atoms. The van der Waals surface area contributed by atoms with Crippen LogP contribution in [0.25, 0.3) is 0 Å². The molecule has 1 N–H and O–H groups in total. The van der Waals surface area contributed by atoms with E-state index < -0.39 is 58.6 Å². The minimum atomic E-state index is -1.18. The molecule has 214 valence electrons. The lowest BCUT2D eigenvalue weighted by molar-refractivity contribution is -0.175. The molecule has 0 aromatic rings. The van der Waals surface area contributed by atoms with Crippen molar-refractivity contribution in [2.45, 2.75) is 70.8 Å². The molecule has 10 nitrogen and oxygen atoms in total. The first-order chi connectivity index (χ1) is 18.3. The summed E-state index contributed by atoms with van der Waals surface area (Å²) in [5.74, 6) is -3.97. The Labute approximate surface area is 229 Å². The number of cyclic esters (lactones) is 1. The summed E-state index contributed by atoms with van der Waals surface area (Å²) in [6.45, 7) is 6.77. The van der Waals surface area contributed by atoms with E-state index in [-0.39, 0.29) is 24.1 Å². The van der Waals surface area contributed by atoms with Crippen LogP contribution in [0.2, 0.25) is 0 Å². The molecule has 0 radical (unpaired) electrons. The Morgan fingerprint density at radius 1 is 1.23 bits per heavy atom. The van der Waals surface area contributed by atoms with Crippen LogP contribution in [0.15, 0.2) is 22.9 Å². The zero-order valence-corrected chi connectivity index (χ0v) is 23.7. The minimum Gasteiger partial charge on any atom is -0.458 e. The lowest BCUT2D eigenvalue weighted by Gasteiger charge is -2.56. The summed E-state index contributed by atoms with van der Waals surface area (Å²) >= 11 is 0. The Morgan fingerprint density at radius 3 is 2.56 bits per heavy atom. The van der Waals surface area contributed by atoms with Gasteiger partial charge in [-0.1, -0.05) is 13.8 Å². The van der Waals surface area contributed by atoms with Crippen molar-refractivity contribution in [3.63, 3.8) is 0 Å². The van der Waals surface area contributed by atoms with Crippen LogP contribution in [-0.2, 0) is 33.4 Å². The number of Topliss-reactive ketones (excluding diaryl/α,β-unsaturated/α-hetero) is 2. The van der Waals surface area contributed by atoms with Crippen molar-refractivity contribution in [2.24, 2.45) is 22.7 Å². The van der Waals surface area contributed by atoms with Crippen LogP contribution in [0.4, 0.5) is 0 Å². The molecule has 3 unspecified atom stereocenters. The van der Waals surface area contributed by atoms with Crippen molar-refractivity contribution in [1.82, 2.24) is 9.80 Å². The molecule has 2 saturated heterocycles. The summed E-state index contributed by atoms with van der Waals surface area (Å²) in [5, 5.41) is 10.9. The molecular formula is C29H40N2O8. The highest BCUT2D eigenvalue weighted by Gasteiger charge is 2.67. The number of ketones is 2. The average molecular weight is 545 g/mol. The molecule has 1 saturated carbocycles. The van der Waals surface area contributed by atoms with E-state index in [9.17, 15) is 24.3 Å². The SMILES string of the molecule is COC[C@H]1OC(=O)C(=CN(C)C2CCN(C)C2)C2C(=O)C(=O)C3=C([C@H](OC(C)=O)C[C@@]4(C)C3CC[C@@H]4O)[C@]21C. The van der Waals surface area contributed by atoms with E-state index in [1.165, 1.54) is 14.0 Å². The maximum absolute atomic E-state index is 14.1. The highest BCUT2D eigenvalue weighted by atomic mass is 16.6. The molecule has 10 heteroatoms. The normalized spacial score (nSPS) is 41.3. The first-order valence-corrected chi connectivity index (χ1v) is 13.8. The highest BCUT2D eigenvalue weighted by molar-refractivity contribution is 6.47. The van der Waals surface area contributed by atoms with Gasteiger partial charge < -0.3 is 29.1 Å². The van der Waals surface area contributed by atoms with E-state index >= 15 is 0 Å². The number of likely N-dealkylation sites (N-methyl/N-ethyl adjacent to an activating group) is 2. The van der Waals surface area contributed by atoms with E-state index in [1.807, 2.05) is 32.8 Å². The number of allylic oxidation sites excluding steroid dienone is 1. The molecule has 0 aromatic carbocycles. The van der Waals surface area contributed by atoms with Crippen LogP contribution >= 0.6 is 0 Å². The second-order valence-electron chi connectivity index (χ2n) is 12.5. The molecule has 0 amide bonds. The second-order valence-corrected chi connectivity index (χ2v) is 12.5. The Morgan fingerprint density at radius 2 is 1.95 bits per heavy atom. The van der Waals surface area contributed by atoms with Gasteiger partial charge in [-0.25, -0.2) is 4.79 Å². The quantitative estimate of drug-likeness (QED) is 0.307. The third-order valence-electron chi connectivity index (χ3n) is 10.2. The number of ether oxygens (including phenoxy) is 3. The van der Waals surface area contributed by atoms with Crippen LogP contribution < -0.4 is 0 Å². The van der Waals surface area contributed by atoms with Gasteiger partial charge in [0.05, 0.1) is 24.2 Å². The van der Waals surface area contributed by atoms with Gasteiger partial charge >= 0.3 is 11.9 Å². The van der Waals surface area contributed by atoms with E-state index in [0.717, 1.165) is 19.5 Å². The molecule has 8 atom stereocenters. The highest BCUT2D eigenvalue weighted by Crippen LogP contribution is 2.63. The number of nitrogens with zero attached hydrogens (tertiary/aromatic N) is 2. The van der Waals surface area contributed by atoms with Crippen LogP contribution in [0.3, 0.4) is 0 Å². The summed E-state index contributed by atoms with van der Waals surface area (Å²) in [6, 6.07) is 0.145. The number of carbonyl (C=O) groups is 4. The van der Waals surface area contributed by atoms with Gasteiger partial charge in [0.2, 0.25) is 11.6 Å². The van der Waals surface area contributed by atoms with Crippen molar-refractivity contribution >= 4 is 23.5 Å². The number of esters is 2. The summed E-state index contributed by atoms with van der Waals surface area (Å²) in [5.41, 5.74) is -0.924. The number of methoxy groups -OCH3 is 1. The zero-order chi connectivity index (χ0) is 28.4. The van der Waals surface area contributed by atoms with Crippen molar-refractivity contribution in [2.75, 3.05) is 40.9 Å². The predicted molar refractivity (Wildman–Crippen MR) is 139 cm³/mol. The van der Waals surface area contributed by atoms with Gasteiger partial charge in [-0.3, -0.25) is 14.4 Å². The molecule has 0 spiro atoms. The number of aliphatic hydroxyl groups excluding tert-OH is 1. The molecule has 0 aromatic heterocycles. The molecule has 5 rings (SSSR count). The van der Waals surface area contributed by atoms with Crippen molar-refractivity contribution < 1.29 is 38.5 Å². The first kappa shape index (κ1) is 28.0. The largest absolute Gasteiger partial charge is 0.458 e. The van der Waals surface area contributed by atoms with Gasteiger partial charge in [-0.2, -0.15) is 0 Å². The third kappa shape index (κ3) is 4.17. The Balaban J connectivity index is 1.70. The molecular weight excluding hydrogens is 504 g/mol. The number of rotatable bonds is 5. The van der Waals surface area contributed by atoms with Gasteiger partial charge in [0.25, 0.3) is 0 Å². The second kappa shape index (κ2) is 9.82. The fourth-order valence-corrected chi connectivity index (χ4v) is 8.06. The first-order valence-electron chi connectivity index (χ1n) is 13.8. The van der Waals surface area contributed by atoms with Gasteiger partial charge in [-0.15, -0.1) is 0 Å². The van der Waals surface area contributed by atoms with Crippen molar-refractivity contribution in [3.8, 4) is 0 Å². The Hall–Kier alpha value is -2.56. The Kier molecular flexibility index (Phi) is 7.04. The van der Waals surface area contributed by atoms with Gasteiger partial charge in [0.15, 0.2) is 0 Å². The number of fused-ring (bicyclic) bond motifs is 4. The summed E-state index contributed by atoms with van der Waals surface area (Å²) in [7, 11) is 5.39. The number of hydrogen-bond acceptors (Lipinski definition) is 10. The van der Waals surface area contributed by atoms with E-state index in [2.05, 4.69) is 4.90 Å².